The lowest BCUT2D eigenvalue weighted by atomic mass is 9.86. The molecule has 18 heteroatoms. The van der Waals surface area contributed by atoms with Crippen LogP contribution in [0.3, 0.4) is 0 Å². The summed E-state index contributed by atoms with van der Waals surface area (Å²) >= 11 is 0. The van der Waals surface area contributed by atoms with Crippen molar-refractivity contribution in [3.05, 3.63) is 102 Å². The monoisotopic (exact) mass is 904 g/mol. The summed E-state index contributed by atoms with van der Waals surface area (Å²) in [4.78, 5) is 100. The number of benzene rings is 3. The van der Waals surface area contributed by atoms with Gasteiger partial charge in [-0.1, -0.05) is 30.3 Å². The maximum Gasteiger partial charge on any atom is 0.262 e. The molecule has 1 saturated carbocycles. The molecule has 1 aliphatic carbocycles. The molecule has 4 saturated heterocycles. The average Bonchev–Trinajstić information content (AvgIpc) is 3.85. The number of rotatable bonds is 11. The summed E-state index contributed by atoms with van der Waals surface area (Å²) in [6.45, 7) is 6.29. The molecule has 18 nitrogen and oxygen atoms in total. The molecule has 0 unspecified atom stereocenters. The van der Waals surface area contributed by atoms with Crippen molar-refractivity contribution in [1.82, 2.24) is 44.9 Å². The first-order valence-corrected chi connectivity index (χ1v) is 23.4. The van der Waals surface area contributed by atoms with E-state index >= 15 is 0 Å². The molecule has 7 heterocycles. The van der Waals surface area contributed by atoms with Gasteiger partial charge in [-0.05, 0) is 80.1 Å². The van der Waals surface area contributed by atoms with Crippen LogP contribution in [0.4, 0.5) is 22.9 Å². The first-order valence-electron chi connectivity index (χ1n) is 23.4. The number of carbonyl (C=O) groups excluding carboxylic acids is 6. The minimum Gasteiger partial charge on any atom is -0.370 e. The van der Waals surface area contributed by atoms with Gasteiger partial charge in [0, 0.05) is 94.0 Å². The summed E-state index contributed by atoms with van der Waals surface area (Å²) < 4.78 is 2.09. The lowest BCUT2D eigenvalue weighted by Crippen LogP contribution is -2.58. The molecule has 3 aromatic carbocycles. The van der Waals surface area contributed by atoms with Gasteiger partial charge in [-0.15, -0.1) is 0 Å². The van der Waals surface area contributed by atoms with Crippen molar-refractivity contribution in [2.45, 2.75) is 69.1 Å². The number of likely N-dealkylation sites (tertiary alicyclic amines) is 1. The lowest BCUT2D eigenvalue weighted by Gasteiger charge is -2.46. The second-order valence-corrected chi connectivity index (χ2v) is 18.6. The zero-order valence-corrected chi connectivity index (χ0v) is 37.1. The Morgan fingerprint density at radius 2 is 1.46 bits per heavy atom. The van der Waals surface area contributed by atoms with E-state index in [-0.39, 0.29) is 53.8 Å². The third-order valence-electron chi connectivity index (χ3n) is 14.6. The topological polar surface area (TPSA) is 198 Å². The van der Waals surface area contributed by atoms with Crippen molar-refractivity contribution in [1.29, 1.82) is 0 Å². The van der Waals surface area contributed by atoms with Gasteiger partial charge in [-0.2, -0.15) is 0 Å². The number of anilines is 4. The number of nitrogens with one attached hydrogen (secondary N) is 3. The second kappa shape index (κ2) is 17.5. The number of piperazine rings is 1. The molecule has 0 radical (unpaired) electrons. The molecule has 0 bridgehead atoms. The van der Waals surface area contributed by atoms with Gasteiger partial charge in [0.15, 0.2) is 17.0 Å². The predicted octanol–water partition coefficient (Wildman–Crippen LogP) is 3.28. The molecule has 1 atom stereocenters. The first-order chi connectivity index (χ1) is 32.6. The molecule has 5 aromatic rings. The van der Waals surface area contributed by atoms with Gasteiger partial charge in [-0.3, -0.25) is 43.9 Å². The van der Waals surface area contributed by atoms with Gasteiger partial charge in [0.2, 0.25) is 23.6 Å². The van der Waals surface area contributed by atoms with Crippen LogP contribution in [0.25, 0.3) is 11.2 Å². The van der Waals surface area contributed by atoms with Crippen LogP contribution in [0.2, 0.25) is 0 Å². The van der Waals surface area contributed by atoms with Crippen molar-refractivity contribution in [2.24, 2.45) is 5.92 Å². The van der Waals surface area contributed by atoms with Crippen LogP contribution in [0.1, 0.15) is 70.8 Å². The number of imidazole rings is 1. The fourth-order valence-corrected chi connectivity index (χ4v) is 10.7. The SMILES string of the molecule is O=C1CC[C@H](N2C(=O)c3ccc(N4CC(C(=O)N5CCC(N6CCN(c7ccc(Nc8ncnc9c8ncn9C8CC(NC(=O)Cc9ccccc9)C8)cc7)CC6)CC5)C4)cc3C2=O)C(=O)N1. The molecule has 6 aliphatic rings. The number of carbonyl (C=O) groups is 6. The van der Waals surface area contributed by atoms with Gasteiger partial charge >= 0.3 is 0 Å². The van der Waals surface area contributed by atoms with Crippen LogP contribution in [-0.2, 0) is 25.6 Å². The zero-order chi connectivity index (χ0) is 45.8. The first kappa shape index (κ1) is 42.4. The largest absolute Gasteiger partial charge is 0.370 e. The molecule has 5 aliphatic heterocycles. The molecular weight excluding hydrogens is 853 g/mol. The third-order valence-corrected chi connectivity index (χ3v) is 14.6. The number of piperidine rings is 2. The maximum absolute atomic E-state index is 13.6. The minimum absolute atomic E-state index is 0.0401. The minimum atomic E-state index is -1.01. The lowest BCUT2D eigenvalue weighted by molar-refractivity contribution is -0.138. The Labute approximate surface area is 386 Å². The van der Waals surface area contributed by atoms with Crippen molar-refractivity contribution >= 4 is 69.5 Å². The van der Waals surface area contributed by atoms with Crippen molar-refractivity contribution < 1.29 is 28.8 Å². The molecule has 2 aromatic heterocycles. The zero-order valence-electron chi connectivity index (χ0n) is 37.1. The Bertz CT molecular complexity index is 2750. The molecule has 344 valence electrons. The number of nitrogens with zero attached hydrogens (tertiary/aromatic N) is 9. The van der Waals surface area contributed by atoms with Crippen LogP contribution in [0, 0.1) is 5.92 Å². The molecule has 6 amide bonds. The van der Waals surface area contributed by atoms with Crippen LogP contribution >= 0.6 is 0 Å². The quantitative estimate of drug-likeness (QED) is 0.164. The second-order valence-electron chi connectivity index (χ2n) is 18.6. The molecule has 11 rings (SSSR count). The molecule has 3 N–H and O–H groups in total. The summed E-state index contributed by atoms with van der Waals surface area (Å²) in [5.41, 5.74) is 5.81. The van der Waals surface area contributed by atoms with Gasteiger partial charge < -0.3 is 29.9 Å². The van der Waals surface area contributed by atoms with Gasteiger partial charge in [0.05, 0.1) is 29.8 Å². The summed E-state index contributed by atoms with van der Waals surface area (Å²) in [7, 11) is 0. The Kier molecular flexibility index (Phi) is 11.1. The fraction of sp³-hybridized carbons (Fsp3) is 0.408. The van der Waals surface area contributed by atoms with Crippen LogP contribution in [-0.4, -0.2) is 140 Å². The Morgan fingerprint density at radius 3 is 2.21 bits per heavy atom. The van der Waals surface area contributed by atoms with Crippen LogP contribution < -0.4 is 25.8 Å². The number of hydrogen-bond acceptors (Lipinski definition) is 13. The van der Waals surface area contributed by atoms with E-state index in [0.717, 1.165) is 92.4 Å². The molecular formula is C49H52N12O6. The normalized spacial score (nSPS) is 22.7. The van der Waals surface area contributed by atoms with E-state index in [2.05, 4.69) is 69.5 Å². The molecule has 67 heavy (non-hydrogen) atoms. The third kappa shape index (κ3) is 8.23. The average molecular weight is 905 g/mol. The Morgan fingerprint density at radius 1 is 0.731 bits per heavy atom. The van der Waals surface area contributed by atoms with E-state index in [0.29, 0.717) is 36.9 Å². The van der Waals surface area contributed by atoms with E-state index < -0.39 is 29.7 Å². The Balaban J connectivity index is 0.616. The summed E-state index contributed by atoms with van der Waals surface area (Å²) in [5, 5.41) is 8.84. The summed E-state index contributed by atoms with van der Waals surface area (Å²) in [5.74, 6) is -1.39. The summed E-state index contributed by atoms with van der Waals surface area (Å²) in [6, 6.07) is 23.1. The van der Waals surface area contributed by atoms with Gasteiger partial charge in [0.25, 0.3) is 11.8 Å². The van der Waals surface area contributed by atoms with E-state index in [1.807, 2.05) is 46.5 Å². The summed E-state index contributed by atoms with van der Waals surface area (Å²) in [6.07, 6.45) is 7.48. The smallest absolute Gasteiger partial charge is 0.262 e. The highest BCUT2D eigenvalue weighted by atomic mass is 16.2. The molecule has 0 spiro atoms. The van der Waals surface area contributed by atoms with Crippen molar-refractivity contribution in [3.8, 4) is 0 Å². The fourth-order valence-electron chi connectivity index (χ4n) is 10.7. The predicted molar refractivity (Wildman–Crippen MR) is 248 cm³/mol. The van der Waals surface area contributed by atoms with Gasteiger partial charge in [0.1, 0.15) is 12.4 Å². The standard InChI is InChI=1S/C49H52N12O6/c62-41-13-12-40(46(64)55-41)61-48(66)38-11-10-36(25-39(38)49(61)67)59-26-31(27-59)47(65)58-16-14-35(15-17-58)57-20-18-56(19-21-57)34-8-6-32(7-9-34)54-44-43-45(51-28-50-44)60(29-52-43)37-23-33(24-37)53-42(63)22-30-4-2-1-3-5-30/h1-11,25,28-29,31,33,35,37,40H,12-24,26-27H2,(H,53,63)(H,50,51,54)(H,55,62,64)/t33?,37?,40-/m0/s1. The number of amides is 6. The van der Waals surface area contributed by atoms with Crippen molar-refractivity contribution in [2.75, 3.05) is 67.5 Å². The number of aromatic nitrogens is 4. The number of hydrogen-bond donors (Lipinski definition) is 3. The van der Waals surface area contributed by atoms with E-state index in [9.17, 15) is 28.8 Å². The highest BCUT2D eigenvalue weighted by Crippen LogP contribution is 2.37. The highest BCUT2D eigenvalue weighted by Gasteiger charge is 2.46. The Hall–Kier alpha value is -7.21. The van der Waals surface area contributed by atoms with E-state index in [4.69, 9.17) is 0 Å². The van der Waals surface area contributed by atoms with Gasteiger partial charge in [-0.25, -0.2) is 15.0 Å². The number of fused-ring (bicyclic) bond motifs is 2. The van der Waals surface area contributed by atoms with E-state index in [1.165, 1.54) is 5.69 Å². The maximum atomic E-state index is 13.6. The number of imide groups is 2. The molecule has 5 fully saturated rings. The van der Waals surface area contributed by atoms with Crippen LogP contribution in [0.5, 0.6) is 0 Å². The van der Waals surface area contributed by atoms with E-state index in [1.54, 1.807) is 24.5 Å². The van der Waals surface area contributed by atoms with Crippen LogP contribution in [0.15, 0.2) is 85.5 Å². The van der Waals surface area contributed by atoms with Crippen molar-refractivity contribution in [3.63, 3.8) is 0 Å². The highest BCUT2D eigenvalue weighted by molar-refractivity contribution is 6.23.